The van der Waals surface area contributed by atoms with Crippen molar-refractivity contribution in [3.63, 3.8) is 0 Å². The third-order valence-corrected chi connectivity index (χ3v) is 4.82. The van der Waals surface area contributed by atoms with Crippen molar-refractivity contribution in [2.45, 2.75) is 25.2 Å². The molecule has 0 aliphatic carbocycles. The van der Waals surface area contributed by atoms with Gasteiger partial charge >= 0.3 is 6.36 Å². The second kappa shape index (κ2) is 7.26. The zero-order valence-electron chi connectivity index (χ0n) is 15.1. The minimum absolute atomic E-state index is 0.133. The van der Waals surface area contributed by atoms with Gasteiger partial charge < -0.3 is 15.0 Å². The van der Waals surface area contributed by atoms with Crippen molar-refractivity contribution in [1.29, 1.82) is 0 Å². The number of benzene rings is 1. The number of alkyl halides is 3. The summed E-state index contributed by atoms with van der Waals surface area (Å²) in [5.74, 6) is -0.517. The summed E-state index contributed by atoms with van der Waals surface area (Å²) >= 11 is 0. The quantitative estimate of drug-likeness (QED) is 0.849. The lowest BCUT2D eigenvalue weighted by Gasteiger charge is -2.33. The number of carbonyl (C=O) groups excluding carboxylic acids is 2. The summed E-state index contributed by atoms with van der Waals surface area (Å²) in [4.78, 5) is 32.7. The SMILES string of the molecule is O=C1CN(C(=O)C2CCCN2c2ccc(OC(F)(F)F)cc2)c2ncccc2N1. The van der Waals surface area contributed by atoms with Gasteiger partial charge in [0, 0.05) is 18.4 Å². The number of rotatable bonds is 3. The van der Waals surface area contributed by atoms with E-state index in [2.05, 4.69) is 15.0 Å². The summed E-state index contributed by atoms with van der Waals surface area (Å²) < 4.78 is 40.9. The Labute approximate surface area is 164 Å². The van der Waals surface area contributed by atoms with Crippen molar-refractivity contribution >= 4 is 29.0 Å². The molecule has 0 spiro atoms. The fraction of sp³-hybridized carbons (Fsp3) is 0.316. The first kappa shape index (κ1) is 19.0. The van der Waals surface area contributed by atoms with E-state index in [0.717, 1.165) is 6.42 Å². The Morgan fingerprint density at radius 3 is 2.69 bits per heavy atom. The van der Waals surface area contributed by atoms with Crippen molar-refractivity contribution in [2.75, 3.05) is 28.2 Å². The second-order valence-electron chi connectivity index (χ2n) is 6.74. The lowest BCUT2D eigenvalue weighted by Crippen LogP contribution is -2.50. The summed E-state index contributed by atoms with van der Waals surface area (Å²) in [6.07, 6.45) is -1.91. The van der Waals surface area contributed by atoms with E-state index in [1.807, 2.05) is 4.90 Å². The molecule has 0 radical (unpaired) electrons. The molecule has 0 saturated carbocycles. The molecule has 1 N–H and O–H groups in total. The predicted octanol–water partition coefficient (Wildman–Crippen LogP) is 2.93. The molecule has 29 heavy (non-hydrogen) atoms. The highest BCUT2D eigenvalue weighted by Crippen LogP contribution is 2.33. The van der Waals surface area contributed by atoms with E-state index in [-0.39, 0.29) is 24.1 Å². The largest absolute Gasteiger partial charge is 0.573 e. The molecule has 2 aliphatic rings. The summed E-state index contributed by atoms with van der Waals surface area (Å²) in [7, 11) is 0. The van der Waals surface area contributed by atoms with Crippen LogP contribution in [0, 0.1) is 0 Å². The highest BCUT2D eigenvalue weighted by atomic mass is 19.4. The number of amides is 2. The number of aromatic nitrogens is 1. The van der Waals surface area contributed by atoms with Crippen LogP contribution in [0.1, 0.15) is 12.8 Å². The maximum absolute atomic E-state index is 13.2. The molecule has 1 unspecified atom stereocenters. The average Bonchev–Trinajstić information content (AvgIpc) is 3.16. The van der Waals surface area contributed by atoms with Crippen LogP contribution in [0.2, 0.25) is 0 Å². The zero-order valence-corrected chi connectivity index (χ0v) is 15.1. The number of pyridine rings is 1. The van der Waals surface area contributed by atoms with E-state index >= 15 is 0 Å². The maximum Gasteiger partial charge on any atom is 0.573 e. The van der Waals surface area contributed by atoms with Crippen LogP contribution in [0.4, 0.5) is 30.4 Å². The van der Waals surface area contributed by atoms with Crippen molar-refractivity contribution in [3.05, 3.63) is 42.6 Å². The first-order valence-corrected chi connectivity index (χ1v) is 9.00. The Balaban J connectivity index is 1.56. The van der Waals surface area contributed by atoms with Crippen LogP contribution in [0.5, 0.6) is 5.75 Å². The molecule has 0 bridgehead atoms. The van der Waals surface area contributed by atoms with E-state index in [1.165, 1.54) is 29.2 Å². The second-order valence-corrected chi connectivity index (χ2v) is 6.74. The Bertz CT molecular complexity index is 933. The molecule has 1 atom stereocenters. The smallest absolute Gasteiger partial charge is 0.406 e. The number of ether oxygens (including phenoxy) is 1. The first-order valence-electron chi connectivity index (χ1n) is 9.00. The molecule has 4 rings (SSSR count). The number of anilines is 3. The van der Waals surface area contributed by atoms with Crippen LogP contribution in [0.3, 0.4) is 0 Å². The van der Waals surface area contributed by atoms with Crippen molar-refractivity contribution in [3.8, 4) is 5.75 Å². The van der Waals surface area contributed by atoms with E-state index in [0.29, 0.717) is 30.2 Å². The van der Waals surface area contributed by atoms with Crippen LogP contribution in [-0.2, 0) is 9.59 Å². The minimum Gasteiger partial charge on any atom is -0.406 e. The summed E-state index contributed by atoms with van der Waals surface area (Å²) in [6, 6.07) is 8.21. The highest BCUT2D eigenvalue weighted by molar-refractivity contribution is 6.11. The number of carbonyl (C=O) groups is 2. The molecule has 1 fully saturated rings. The van der Waals surface area contributed by atoms with Gasteiger partial charge in [0.1, 0.15) is 18.3 Å². The minimum atomic E-state index is -4.76. The fourth-order valence-electron chi connectivity index (χ4n) is 3.65. The Hall–Kier alpha value is -3.30. The Morgan fingerprint density at radius 2 is 1.97 bits per heavy atom. The average molecular weight is 406 g/mol. The van der Waals surface area contributed by atoms with Gasteiger partial charge in [0.2, 0.25) is 5.91 Å². The zero-order chi connectivity index (χ0) is 20.6. The molecule has 1 saturated heterocycles. The van der Waals surface area contributed by atoms with Gasteiger partial charge in [0.05, 0.1) is 5.69 Å². The monoisotopic (exact) mass is 406 g/mol. The van der Waals surface area contributed by atoms with Gasteiger partial charge in [-0.1, -0.05) is 0 Å². The Kier molecular flexibility index (Phi) is 4.77. The topological polar surface area (TPSA) is 74.8 Å². The maximum atomic E-state index is 13.2. The molecule has 2 amide bonds. The van der Waals surface area contributed by atoms with Crippen LogP contribution in [0.15, 0.2) is 42.6 Å². The number of nitrogens with zero attached hydrogens (tertiary/aromatic N) is 3. The molecule has 3 heterocycles. The number of nitrogens with one attached hydrogen (secondary N) is 1. The van der Waals surface area contributed by atoms with Gasteiger partial charge in [0.15, 0.2) is 5.82 Å². The first-order chi connectivity index (χ1) is 13.8. The summed E-state index contributed by atoms with van der Waals surface area (Å²) in [6.45, 7) is 0.441. The van der Waals surface area contributed by atoms with Crippen LogP contribution >= 0.6 is 0 Å². The van der Waals surface area contributed by atoms with E-state index in [1.54, 1.807) is 18.3 Å². The van der Waals surface area contributed by atoms with Gasteiger partial charge in [-0.3, -0.25) is 14.5 Å². The number of hydrogen-bond donors (Lipinski definition) is 1. The molecule has 152 valence electrons. The van der Waals surface area contributed by atoms with Gasteiger partial charge in [0.25, 0.3) is 5.91 Å². The van der Waals surface area contributed by atoms with Crippen LogP contribution < -0.4 is 19.9 Å². The lowest BCUT2D eigenvalue weighted by molar-refractivity contribution is -0.274. The van der Waals surface area contributed by atoms with Crippen LogP contribution in [-0.4, -0.2) is 42.3 Å². The van der Waals surface area contributed by atoms with Crippen molar-refractivity contribution in [1.82, 2.24) is 4.98 Å². The number of hydrogen-bond acceptors (Lipinski definition) is 5. The third-order valence-electron chi connectivity index (χ3n) is 4.82. The van der Waals surface area contributed by atoms with Gasteiger partial charge in [-0.15, -0.1) is 13.2 Å². The van der Waals surface area contributed by atoms with Gasteiger partial charge in [-0.05, 0) is 49.2 Å². The third kappa shape index (κ3) is 3.96. The number of fused-ring (bicyclic) bond motifs is 1. The highest BCUT2D eigenvalue weighted by Gasteiger charge is 2.38. The Morgan fingerprint density at radius 1 is 1.21 bits per heavy atom. The lowest BCUT2D eigenvalue weighted by atomic mass is 10.1. The molecule has 1 aromatic carbocycles. The fourth-order valence-corrected chi connectivity index (χ4v) is 3.65. The van der Waals surface area contributed by atoms with Gasteiger partial charge in [-0.25, -0.2) is 4.98 Å². The molecular weight excluding hydrogens is 389 g/mol. The molecular formula is C19H17F3N4O3. The van der Waals surface area contributed by atoms with E-state index in [9.17, 15) is 22.8 Å². The number of halogens is 3. The van der Waals surface area contributed by atoms with Crippen molar-refractivity contribution < 1.29 is 27.5 Å². The normalized spacial score (nSPS) is 19.0. The summed E-state index contributed by atoms with van der Waals surface area (Å²) in [5.41, 5.74) is 1.08. The predicted molar refractivity (Wildman–Crippen MR) is 98.7 cm³/mol. The van der Waals surface area contributed by atoms with E-state index < -0.39 is 12.4 Å². The molecule has 2 aliphatic heterocycles. The van der Waals surface area contributed by atoms with Crippen molar-refractivity contribution in [2.24, 2.45) is 0 Å². The van der Waals surface area contributed by atoms with Crippen LogP contribution in [0.25, 0.3) is 0 Å². The molecule has 10 heteroatoms. The summed E-state index contributed by atoms with van der Waals surface area (Å²) in [5, 5.41) is 2.69. The standard InChI is InChI=1S/C19H17F3N4O3/c20-19(21,22)29-13-7-5-12(6-8-13)25-10-2-4-15(25)18(28)26-11-16(27)24-14-3-1-9-23-17(14)26/h1,3,5-9,15H,2,4,10-11H2,(H,24,27). The van der Waals surface area contributed by atoms with Gasteiger partial charge in [-0.2, -0.15) is 0 Å². The molecule has 1 aromatic heterocycles. The molecule has 2 aromatic rings. The molecule has 7 nitrogen and oxygen atoms in total. The van der Waals surface area contributed by atoms with E-state index in [4.69, 9.17) is 0 Å².